The maximum absolute atomic E-state index is 5.86. The number of hydrogen-bond donors (Lipinski definition) is 2. The SMILES string of the molecule is Cc1ccc(CCNCC2(CN)CCC2)cc1C. The Morgan fingerprint density at radius 2 is 2.00 bits per heavy atom. The number of benzene rings is 1. The van der Waals surface area contributed by atoms with Crippen molar-refractivity contribution in [3.05, 3.63) is 34.9 Å². The van der Waals surface area contributed by atoms with E-state index in [1.807, 2.05) is 0 Å². The average molecular weight is 246 g/mol. The molecule has 100 valence electrons. The summed E-state index contributed by atoms with van der Waals surface area (Å²) in [5, 5.41) is 3.58. The third-order valence-electron chi connectivity index (χ3n) is 4.51. The van der Waals surface area contributed by atoms with Gasteiger partial charge in [-0.15, -0.1) is 0 Å². The summed E-state index contributed by atoms with van der Waals surface area (Å²) in [4.78, 5) is 0. The highest BCUT2D eigenvalue weighted by molar-refractivity contribution is 5.30. The number of nitrogens with two attached hydrogens (primary N) is 1. The summed E-state index contributed by atoms with van der Waals surface area (Å²) in [5.41, 5.74) is 10.5. The van der Waals surface area contributed by atoms with Crippen LogP contribution in [0.5, 0.6) is 0 Å². The molecule has 1 saturated carbocycles. The third kappa shape index (κ3) is 3.12. The van der Waals surface area contributed by atoms with E-state index in [2.05, 4.69) is 37.4 Å². The Kier molecular flexibility index (Phi) is 4.41. The highest BCUT2D eigenvalue weighted by atomic mass is 14.9. The normalized spacial score (nSPS) is 17.5. The summed E-state index contributed by atoms with van der Waals surface area (Å²) < 4.78 is 0. The summed E-state index contributed by atoms with van der Waals surface area (Å²) in [6.45, 7) is 7.34. The van der Waals surface area contributed by atoms with E-state index in [1.54, 1.807) is 0 Å². The zero-order valence-electron chi connectivity index (χ0n) is 11.8. The van der Waals surface area contributed by atoms with E-state index in [9.17, 15) is 0 Å². The Balaban J connectivity index is 1.73. The molecular formula is C16H26N2. The first-order chi connectivity index (χ1) is 8.65. The lowest BCUT2D eigenvalue weighted by atomic mass is 9.69. The fraction of sp³-hybridized carbons (Fsp3) is 0.625. The summed E-state index contributed by atoms with van der Waals surface area (Å²) in [6.07, 6.45) is 5.08. The lowest BCUT2D eigenvalue weighted by Gasteiger charge is -2.41. The molecule has 0 spiro atoms. The maximum Gasteiger partial charge on any atom is 0.00200 e. The van der Waals surface area contributed by atoms with Crippen LogP contribution in [0.15, 0.2) is 18.2 Å². The van der Waals surface area contributed by atoms with Gasteiger partial charge >= 0.3 is 0 Å². The molecule has 0 aliphatic heterocycles. The van der Waals surface area contributed by atoms with Gasteiger partial charge < -0.3 is 11.1 Å². The first-order valence-electron chi connectivity index (χ1n) is 7.12. The van der Waals surface area contributed by atoms with Crippen LogP contribution in [0, 0.1) is 19.3 Å². The molecule has 18 heavy (non-hydrogen) atoms. The molecule has 0 amide bonds. The lowest BCUT2D eigenvalue weighted by molar-refractivity contribution is 0.141. The Morgan fingerprint density at radius 3 is 2.56 bits per heavy atom. The van der Waals surface area contributed by atoms with E-state index in [0.29, 0.717) is 5.41 Å². The molecule has 2 nitrogen and oxygen atoms in total. The monoisotopic (exact) mass is 246 g/mol. The van der Waals surface area contributed by atoms with Gasteiger partial charge in [-0.1, -0.05) is 24.6 Å². The second-order valence-corrected chi connectivity index (χ2v) is 5.90. The van der Waals surface area contributed by atoms with Crippen LogP contribution < -0.4 is 11.1 Å². The molecular weight excluding hydrogens is 220 g/mol. The molecule has 1 fully saturated rings. The number of hydrogen-bond acceptors (Lipinski definition) is 2. The van der Waals surface area contributed by atoms with Crippen LogP contribution in [0.4, 0.5) is 0 Å². The van der Waals surface area contributed by atoms with E-state index in [1.165, 1.54) is 36.0 Å². The molecule has 0 radical (unpaired) electrons. The van der Waals surface area contributed by atoms with E-state index >= 15 is 0 Å². The van der Waals surface area contributed by atoms with Crippen LogP contribution in [0.2, 0.25) is 0 Å². The Hall–Kier alpha value is -0.860. The van der Waals surface area contributed by atoms with Crippen molar-refractivity contribution in [2.45, 2.75) is 39.5 Å². The first-order valence-corrected chi connectivity index (χ1v) is 7.12. The summed E-state index contributed by atoms with van der Waals surface area (Å²) in [6, 6.07) is 6.77. The Bertz CT molecular complexity index is 389. The molecule has 1 aromatic carbocycles. The molecule has 2 heteroatoms. The van der Waals surface area contributed by atoms with Crippen LogP contribution in [0.3, 0.4) is 0 Å². The Labute approximate surface area is 111 Å². The lowest BCUT2D eigenvalue weighted by Crippen LogP contribution is -2.45. The van der Waals surface area contributed by atoms with Crippen LogP contribution in [-0.4, -0.2) is 19.6 Å². The average Bonchev–Trinajstić information content (AvgIpc) is 2.32. The van der Waals surface area contributed by atoms with Gasteiger partial charge in [0.1, 0.15) is 0 Å². The minimum atomic E-state index is 0.420. The second-order valence-electron chi connectivity index (χ2n) is 5.90. The first kappa shape index (κ1) is 13.6. The molecule has 0 saturated heterocycles. The quantitative estimate of drug-likeness (QED) is 0.757. The molecule has 1 aliphatic rings. The molecule has 0 aromatic heterocycles. The molecule has 0 atom stereocenters. The summed E-state index contributed by atoms with van der Waals surface area (Å²) in [7, 11) is 0. The molecule has 1 aromatic rings. The number of aryl methyl sites for hydroxylation is 2. The van der Waals surface area contributed by atoms with Crippen molar-refractivity contribution >= 4 is 0 Å². The van der Waals surface area contributed by atoms with Crippen LogP contribution in [0.1, 0.15) is 36.0 Å². The van der Waals surface area contributed by atoms with E-state index < -0.39 is 0 Å². The Morgan fingerprint density at radius 1 is 1.22 bits per heavy atom. The van der Waals surface area contributed by atoms with E-state index in [0.717, 1.165) is 26.1 Å². The third-order valence-corrected chi connectivity index (χ3v) is 4.51. The van der Waals surface area contributed by atoms with E-state index in [-0.39, 0.29) is 0 Å². The van der Waals surface area contributed by atoms with Crippen molar-refractivity contribution < 1.29 is 0 Å². The van der Waals surface area contributed by atoms with Gasteiger partial charge in [-0.05, 0) is 68.3 Å². The van der Waals surface area contributed by atoms with Crippen molar-refractivity contribution in [1.29, 1.82) is 0 Å². The van der Waals surface area contributed by atoms with Gasteiger partial charge in [0, 0.05) is 6.54 Å². The standard InChI is InChI=1S/C16H26N2/c1-13-4-5-15(10-14(13)2)6-9-18-12-16(11-17)7-3-8-16/h4-5,10,18H,3,6-9,11-12,17H2,1-2H3. The van der Waals surface area contributed by atoms with E-state index in [4.69, 9.17) is 5.73 Å². The minimum absolute atomic E-state index is 0.420. The van der Waals surface area contributed by atoms with Crippen molar-refractivity contribution in [2.75, 3.05) is 19.6 Å². The largest absolute Gasteiger partial charge is 0.330 e. The van der Waals surface area contributed by atoms with Gasteiger partial charge in [0.25, 0.3) is 0 Å². The van der Waals surface area contributed by atoms with Crippen LogP contribution in [-0.2, 0) is 6.42 Å². The van der Waals surface area contributed by atoms with Gasteiger partial charge in [-0.25, -0.2) is 0 Å². The zero-order chi connectivity index (χ0) is 13.0. The fourth-order valence-electron chi connectivity index (χ4n) is 2.68. The summed E-state index contributed by atoms with van der Waals surface area (Å²) in [5.74, 6) is 0. The molecule has 0 heterocycles. The van der Waals surface area contributed by atoms with Crippen LogP contribution >= 0.6 is 0 Å². The van der Waals surface area contributed by atoms with Crippen molar-refractivity contribution in [2.24, 2.45) is 11.1 Å². The van der Waals surface area contributed by atoms with Crippen molar-refractivity contribution in [1.82, 2.24) is 5.32 Å². The zero-order valence-corrected chi connectivity index (χ0v) is 11.8. The number of nitrogens with one attached hydrogen (secondary N) is 1. The minimum Gasteiger partial charge on any atom is -0.330 e. The smallest absolute Gasteiger partial charge is 0.00200 e. The molecule has 3 N–H and O–H groups in total. The van der Waals surface area contributed by atoms with Gasteiger partial charge in [-0.2, -0.15) is 0 Å². The maximum atomic E-state index is 5.86. The predicted octanol–water partition coefficient (Wildman–Crippen LogP) is 2.56. The molecule has 1 aliphatic carbocycles. The van der Waals surface area contributed by atoms with Crippen molar-refractivity contribution in [3.8, 4) is 0 Å². The molecule has 0 bridgehead atoms. The van der Waals surface area contributed by atoms with Crippen molar-refractivity contribution in [3.63, 3.8) is 0 Å². The predicted molar refractivity (Wildman–Crippen MR) is 77.8 cm³/mol. The van der Waals surface area contributed by atoms with Gasteiger partial charge in [0.05, 0.1) is 0 Å². The molecule has 2 rings (SSSR count). The highest BCUT2D eigenvalue weighted by Crippen LogP contribution is 2.38. The van der Waals surface area contributed by atoms with Gasteiger partial charge in [0.2, 0.25) is 0 Å². The molecule has 0 unspecified atom stereocenters. The highest BCUT2D eigenvalue weighted by Gasteiger charge is 2.34. The second kappa shape index (κ2) is 5.85. The van der Waals surface area contributed by atoms with Crippen LogP contribution in [0.25, 0.3) is 0 Å². The van der Waals surface area contributed by atoms with Gasteiger partial charge in [0.15, 0.2) is 0 Å². The van der Waals surface area contributed by atoms with Gasteiger partial charge in [-0.3, -0.25) is 0 Å². The summed E-state index contributed by atoms with van der Waals surface area (Å²) >= 11 is 0. The topological polar surface area (TPSA) is 38.0 Å². The fourth-order valence-corrected chi connectivity index (χ4v) is 2.68. The number of rotatable bonds is 6.